The maximum Gasteiger partial charge on any atom is 0.408 e. The SMILES string of the molecule is CC(C)[C@H](NC(=O)[C@@H](CCCCNC(=O)COC1CCCC(N(CCCCC(=O)Nc2ccc(COC(=O)N[C@@H](CO)C(=O)Nc3ccc4c(c3)[C@@]3(C)CCC[C@](C)(C(=O)NC(=O)[C@@]5(C)CCC[C@]6(C)c7cc(O)ccc7CC[C@@H]56)[C@@H]3CC4)cc2)C(N)=O)CC(N[C@@H]2O[C@H](CO)[C@H](O)[C@H](O)[C@H]2O)=C1N)NC(=O)CCOCCOCCOCCOCCNC(=O)CCC(=O)N1Cc2ccccc2C#Cc2ccccc21)C(N)=O. The van der Waals surface area contributed by atoms with Gasteiger partial charge in [-0.05, 0) is 219 Å². The summed E-state index contributed by atoms with van der Waals surface area (Å²) in [6, 6.07) is 27.8. The number of nitrogens with zero attached hydrogens (tertiary/aromatic N) is 2. The number of benzene rings is 5. The van der Waals surface area contributed by atoms with Gasteiger partial charge in [0.2, 0.25) is 59.1 Å². The molecule has 13 amide bonds. The zero-order valence-corrected chi connectivity index (χ0v) is 85.0. The zero-order chi connectivity index (χ0) is 106. The minimum atomic E-state index is -1.78. The summed E-state index contributed by atoms with van der Waals surface area (Å²) in [7, 11) is 0. The molecule has 39 heteroatoms. The van der Waals surface area contributed by atoms with Crippen molar-refractivity contribution in [2.24, 2.45) is 45.8 Å². The monoisotopic (exact) mass is 2040 g/mol. The minimum absolute atomic E-state index is 0.00714. The molecule has 5 aromatic carbocycles. The van der Waals surface area contributed by atoms with E-state index >= 15 is 0 Å². The maximum absolute atomic E-state index is 14.9. The summed E-state index contributed by atoms with van der Waals surface area (Å²) in [5, 5.41) is 88.8. The number of aromatic hydroxyl groups is 1. The number of para-hydroxylation sites is 1. The van der Waals surface area contributed by atoms with Crippen LogP contribution in [0.25, 0.3) is 0 Å². The summed E-state index contributed by atoms with van der Waals surface area (Å²) >= 11 is 0. The standard InChI is InChI=1S/C108H148N14O25/c1-66(2)93(97(110)134)119-98(135)79(116-89(128)42-50-141-52-54-143-56-57-144-55-53-142-51-48-113-87(126)40-41-91(130)122-61-72-20-8-7-18-68(72)28-29-71-19-9-10-23-82(71)122)22-11-13-47-112-90(129)65-145-83-24-15-21-75(59-80(92(83)109)117-100-96(133)95(132)94(131)84(63-124)147-100)121(103(111)139)49-14-12-25-88(127)114-73-34-26-67(27-35-73)64-146-104(140)118-81(62-123)99(136)115-74-36-30-69-32-38-85-105(3,77(69)58-74)43-16-45-107(85,5)101(137)120-102(138)108(6)46-17-44-106(4)78-60-76(125)37-31-70(78)33-39-86(106)108/h7-10,18-20,23,26-27,30-31,34-37,58,60,66,75,79,81,83-86,93-96,100,117,123-125,131-133H,11-17,21-22,24-25,32-33,38-57,59,61-65,109H2,1-6H3,(H2,110,134)(H2,111,139)(H,112,129)(H,113,126)(H,114,127)(H,115,136)(H,116,128)(H,118,140)(H,119,135)(H,120,137,138)/t75?,79-,81+,83?,84-,85-,86-,93+,94+,95+,96-,100-,105-,106-,107+,108+/m1/s1. The van der Waals surface area contributed by atoms with Gasteiger partial charge in [-0.3, -0.25) is 53.3 Å². The molecule has 12 rings (SSSR count). The molecule has 2 aliphatic heterocycles. The molecular weight excluding hydrogens is 1890 g/mol. The second-order valence-corrected chi connectivity index (χ2v) is 40.7. The fourth-order valence-corrected chi connectivity index (χ4v) is 22.1. The molecule has 0 bridgehead atoms. The number of carbonyl (C=O) groups excluding carboxylic acids is 12. The number of urea groups is 1. The minimum Gasteiger partial charge on any atom is -0.508 e. The van der Waals surface area contributed by atoms with Gasteiger partial charge in [0, 0.05) is 86.0 Å². The van der Waals surface area contributed by atoms with Crippen LogP contribution in [0.3, 0.4) is 0 Å². The number of carbonyl (C=O) groups is 12. The Bertz CT molecular complexity index is 5520. The number of phenols is 1. The van der Waals surface area contributed by atoms with Crippen LogP contribution in [0, 0.1) is 40.4 Å². The third-order valence-corrected chi connectivity index (χ3v) is 30.2. The summed E-state index contributed by atoms with van der Waals surface area (Å²) in [6.45, 7) is 12.0. The number of unbranched alkanes of at least 4 members (excludes halogenated alkanes) is 2. The first-order valence-electron chi connectivity index (χ1n) is 51.5. The van der Waals surface area contributed by atoms with Gasteiger partial charge in [-0.1, -0.05) is 121 Å². The van der Waals surface area contributed by atoms with E-state index in [0.717, 1.165) is 71.9 Å². The highest BCUT2D eigenvalue weighted by Crippen LogP contribution is 2.60. The second kappa shape index (κ2) is 53.6. The van der Waals surface area contributed by atoms with Crippen LogP contribution in [-0.2, 0) is 118 Å². The van der Waals surface area contributed by atoms with Gasteiger partial charge in [-0.25, -0.2) is 9.59 Å². The predicted octanol–water partition coefficient (Wildman–Crippen LogP) is 6.06. The third-order valence-electron chi connectivity index (χ3n) is 30.2. The van der Waals surface area contributed by atoms with Gasteiger partial charge < -0.3 is 133 Å². The summed E-state index contributed by atoms with van der Waals surface area (Å²) in [5.74, 6) is 1.54. The molecule has 1 saturated heterocycles. The van der Waals surface area contributed by atoms with Gasteiger partial charge in [0.1, 0.15) is 61.5 Å². The van der Waals surface area contributed by atoms with Crippen LogP contribution in [0.2, 0.25) is 0 Å². The molecule has 2 unspecified atom stereocenters. The quantitative estimate of drug-likeness (QED) is 0.0120. The van der Waals surface area contributed by atoms with E-state index in [0.29, 0.717) is 93.4 Å². The summed E-state index contributed by atoms with van der Waals surface area (Å²) in [6.07, 6.45) is -0.442. The van der Waals surface area contributed by atoms with Crippen LogP contribution in [0.1, 0.15) is 221 Å². The number of imide groups is 1. The summed E-state index contributed by atoms with van der Waals surface area (Å²) in [5.41, 5.74) is 25.2. The van der Waals surface area contributed by atoms with E-state index in [1.807, 2.05) is 86.6 Å². The Hall–Kier alpha value is -12.2. The van der Waals surface area contributed by atoms with Crippen LogP contribution in [-0.4, -0.2) is 260 Å². The fraction of sp³-hybridized carbons (Fsp3) is 0.574. The fourth-order valence-electron chi connectivity index (χ4n) is 22.1. The van der Waals surface area contributed by atoms with E-state index in [4.69, 9.17) is 50.4 Å². The van der Waals surface area contributed by atoms with Crippen molar-refractivity contribution in [3.63, 3.8) is 0 Å². The van der Waals surface area contributed by atoms with E-state index < -0.39 is 139 Å². The lowest BCUT2D eigenvalue weighted by molar-refractivity contribution is -0.234. The Morgan fingerprint density at radius 1 is 0.571 bits per heavy atom. The Balaban J connectivity index is 0.535. The van der Waals surface area contributed by atoms with E-state index in [-0.39, 0.29) is 194 Å². The molecule has 3 fully saturated rings. The van der Waals surface area contributed by atoms with Gasteiger partial charge in [0.25, 0.3) is 0 Å². The lowest BCUT2D eigenvalue weighted by Gasteiger charge is -2.56. The van der Waals surface area contributed by atoms with E-state index in [2.05, 4.69) is 73.5 Å². The van der Waals surface area contributed by atoms with Crippen molar-refractivity contribution in [3.8, 4) is 17.6 Å². The van der Waals surface area contributed by atoms with Crippen molar-refractivity contribution < 1.29 is 121 Å². The average molecular weight is 2040 g/mol. The van der Waals surface area contributed by atoms with Gasteiger partial charge in [0.15, 0.2) is 6.23 Å². The van der Waals surface area contributed by atoms with Gasteiger partial charge in [0.05, 0.1) is 101 Å². The smallest absolute Gasteiger partial charge is 0.408 e. The molecule has 7 aliphatic rings. The van der Waals surface area contributed by atoms with Crippen LogP contribution < -0.4 is 70.0 Å². The molecule has 800 valence electrons. The number of nitrogens with one attached hydrogen (secondary N) is 9. The van der Waals surface area contributed by atoms with Crippen LogP contribution >= 0.6 is 0 Å². The number of nitrogens with two attached hydrogens (primary N) is 3. The second-order valence-electron chi connectivity index (χ2n) is 40.7. The number of aliphatic hydroxyl groups is 5. The zero-order valence-electron chi connectivity index (χ0n) is 85.0. The summed E-state index contributed by atoms with van der Waals surface area (Å²) < 4.78 is 39.8. The number of aryl methyl sites for hydroxylation is 2. The number of rotatable bonds is 49. The lowest BCUT2D eigenvalue weighted by atomic mass is 9.49. The van der Waals surface area contributed by atoms with Crippen LogP contribution in [0.5, 0.6) is 5.75 Å². The predicted molar refractivity (Wildman–Crippen MR) is 543 cm³/mol. The van der Waals surface area contributed by atoms with Crippen molar-refractivity contribution in [1.29, 1.82) is 0 Å². The van der Waals surface area contributed by atoms with E-state index in [1.165, 1.54) is 10.5 Å². The molecule has 5 aromatic rings. The van der Waals surface area contributed by atoms with Crippen molar-refractivity contribution in [2.75, 3.05) is 108 Å². The van der Waals surface area contributed by atoms with Crippen LogP contribution in [0.15, 0.2) is 121 Å². The number of primary amides is 2. The first-order chi connectivity index (χ1) is 70.4. The molecule has 16 atom stereocenters. The number of aliphatic hydroxyl groups excluding tert-OH is 5. The number of amides is 13. The molecule has 147 heavy (non-hydrogen) atoms. The highest BCUT2D eigenvalue weighted by molar-refractivity contribution is 6.02. The van der Waals surface area contributed by atoms with Crippen molar-refractivity contribution in [3.05, 3.63) is 165 Å². The van der Waals surface area contributed by atoms with Crippen molar-refractivity contribution in [2.45, 2.75) is 274 Å². The Labute approximate surface area is 857 Å². The number of phenolic OH excluding ortho intramolecular Hbond substituents is 1. The normalized spacial score (nSPS) is 24.0. The Kier molecular flexibility index (Phi) is 41.4. The number of anilines is 3. The number of ether oxygens (including phenoxy) is 7. The number of hydrogen-bond acceptors (Lipinski definition) is 27. The molecule has 5 aliphatic carbocycles. The Morgan fingerprint density at radius 3 is 1.84 bits per heavy atom. The molecular formula is C108H148N14O25. The molecule has 21 N–H and O–H groups in total. The number of alkyl carbamates (subject to hydrolysis) is 1. The van der Waals surface area contributed by atoms with Crippen LogP contribution in [0.4, 0.5) is 26.7 Å². The van der Waals surface area contributed by atoms with E-state index in [9.17, 15) is 88.2 Å². The largest absolute Gasteiger partial charge is 0.508 e. The maximum atomic E-state index is 14.9. The number of fused-ring (bicyclic) bond motifs is 8. The highest BCUT2D eigenvalue weighted by Gasteiger charge is 2.59. The van der Waals surface area contributed by atoms with Gasteiger partial charge in [-0.15, -0.1) is 0 Å². The van der Waals surface area contributed by atoms with Gasteiger partial charge in [-0.2, -0.15) is 0 Å². The first kappa shape index (κ1) is 114. The third kappa shape index (κ3) is 29.9. The first-order valence-corrected chi connectivity index (χ1v) is 51.5. The molecule has 2 heterocycles. The molecule has 0 spiro atoms. The van der Waals surface area contributed by atoms with Crippen molar-refractivity contribution in [1.82, 2.24) is 42.1 Å². The molecule has 0 radical (unpaired) electrons. The van der Waals surface area contributed by atoms with Crippen molar-refractivity contribution >= 4 is 88.3 Å². The highest BCUT2D eigenvalue weighted by atomic mass is 16.6. The summed E-state index contributed by atoms with van der Waals surface area (Å²) in [4.78, 5) is 166. The molecule has 2 saturated carbocycles. The topological polar surface area (TPSA) is 584 Å². The average Bonchev–Trinajstić information content (AvgIpc) is 0.716. The Morgan fingerprint density at radius 2 is 1.19 bits per heavy atom. The molecule has 0 aromatic heterocycles. The molecule has 39 nitrogen and oxygen atoms in total. The number of hydrogen-bond donors (Lipinski definition) is 18. The van der Waals surface area contributed by atoms with Gasteiger partial charge >= 0.3 is 12.1 Å². The lowest BCUT2D eigenvalue weighted by Crippen LogP contribution is -2.62. The van der Waals surface area contributed by atoms with E-state index in [1.54, 1.807) is 55.1 Å².